The van der Waals surface area contributed by atoms with Crippen LogP contribution in [0.3, 0.4) is 0 Å². The van der Waals surface area contributed by atoms with Gasteiger partial charge in [-0.1, -0.05) is 48.5 Å². The van der Waals surface area contributed by atoms with Crippen molar-refractivity contribution in [1.82, 2.24) is 0 Å². The zero-order chi connectivity index (χ0) is 15.1. The van der Waals surface area contributed by atoms with E-state index in [1.165, 1.54) is 6.92 Å². The topological polar surface area (TPSA) is 62.0 Å². The fourth-order valence-electron chi connectivity index (χ4n) is 1.60. The number of ketones is 1. The number of hydrogen-bond donors (Lipinski definition) is 1. The molecule has 4 nitrogen and oxygen atoms in total. The Morgan fingerprint density at radius 1 is 1.05 bits per heavy atom. The number of Topliss-reactive ketones (excluding diaryl/α,β-unsaturated/α-hetero) is 1. The molecule has 0 saturated heterocycles. The Morgan fingerprint density at radius 2 is 1.65 bits per heavy atom. The molecule has 0 aliphatic carbocycles. The third-order valence-corrected chi connectivity index (χ3v) is 2.61. The van der Waals surface area contributed by atoms with Gasteiger partial charge in [-0.25, -0.2) is 0 Å². The molecule has 2 rings (SSSR count). The summed E-state index contributed by atoms with van der Waals surface area (Å²) in [5.41, 5.74) is 1.10. The van der Waals surface area contributed by atoms with E-state index in [9.17, 15) is 4.79 Å². The molecule has 2 aromatic carbocycles. The molecule has 0 radical (unpaired) electrons. The first kappa shape index (κ1) is 12.3. The molecular formula is C16H14N2O2. The monoisotopic (exact) mass is 267 g/mol. The van der Waals surface area contributed by atoms with Gasteiger partial charge in [-0.15, -0.1) is 5.11 Å². The van der Waals surface area contributed by atoms with Crippen LogP contribution < -0.4 is 0 Å². The van der Waals surface area contributed by atoms with Crippen molar-refractivity contribution in [2.45, 2.75) is 6.92 Å². The van der Waals surface area contributed by atoms with Gasteiger partial charge < -0.3 is 5.11 Å². The van der Waals surface area contributed by atoms with Crippen molar-refractivity contribution in [2.75, 3.05) is 0 Å². The van der Waals surface area contributed by atoms with Crippen LogP contribution in [0.2, 0.25) is 0 Å². The molecule has 0 aliphatic rings. The van der Waals surface area contributed by atoms with Crippen molar-refractivity contribution in [1.29, 1.82) is 1.43 Å². The van der Waals surface area contributed by atoms with E-state index in [1.54, 1.807) is 36.4 Å². The highest BCUT2D eigenvalue weighted by Crippen LogP contribution is 2.17. The molecule has 1 N–H and O–H groups in total. The van der Waals surface area contributed by atoms with Gasteiger partial charge in [0, 0.05) is 5.56 Å². The van der Waals surface area contributed by atoms with E-state index in [0.717, 1.165) is 0 Å². The van der Waals surface area contributed by atoms with Gasteiger partial charge in [0.25, 0.3) is 1.43 Å². The largest absolute Gasteiger partial charge is 0.510 e. The molecule has 0 unspecified atom stereocenters. The predicted octanol–water partition coefficient (Wildman–Crippen LogP) is 4.44. The zero-order valence-electron chi connectivity index (χ0n) is 12.0. The lowest BCUT2D eigenvalue weighted by atomic mass is 10.1. The van der Waals surface area contributed by atoms with Gasteiger partial charge in [0.15, 0.2) is 5.70 Å². The number of aliphatic hydroxyl groups excluding tert-OH is 1. The second-order valence-corrected chi connectivity index (χ2v) is 4.14. The van der Waals surface area contributed by atoms with Crippen LogP contribution in [0.25, 0.3) is 1.43 Å². The van der Waals surface area contributed by atoms with E-state index in [-0.39, 0.29) is 17.2 Å². The van der Waals surface area contributed by atoms with E-state index < -0.39 is 0 Å². The van der Waals surface area contributed by atoms with Crippen LogP contribution in [0, 0.1) is 0 Å². The number of benzene rings is 2. The number of carbonyl (C=O) groups is 1. The average Bonchev–Trinajstić information content (AvgIpc) is 2.56. The SMILES string of the molecule is [2H]O/C(C)=C(/N=Nc1ccccc1)C(=O)c1ccccc1. The fraction of sp³-hybridized carbons (Fsp3) is 0.0625. The molecule has 4 heteroatoms. The van der Waals surface area contributed by atoms with E-state index in [4.69, 9.17) is 1.43 Å². The number of allylic oxidation sites excluding steroid dienone is 2. The summed E-state index contributed by atoms with van der Waals surface area (Å²) in [7, 11) is 0. The summed E-state index contributed by atoms with van der Waals surface area (Å²) in [5, 5.41) is 12.4. The molecule has 100 valence electrons. The maximum atomic E-state index is 12.4. The standard InChI is InChI=1S/C16H14N2O2/c1-12(19)15(16(20)13-8-4-2-5-9-13)18-17-14-10-6-3-7-11-14/h2-11,19H,1H3/b15-12+,18-17?/i/hD. The maximum Gasteiger partial charge on any atom is 0.293 e. The Bertz CT molecular complexity index is 667. The van der Waals surface area contributed by atoms with Crippen LogP contribution in [0.5, 0.6) is 0 Å². The Hall–Kier alpha value is -2.75. The lowest BCUT2D eigenvalue weighted by Gasteiger charge is -2.02. The lowest BCUT2D eigenvalue weighted by Crippen LogP contribution is -2.03. The predicted molar refractivity (Wildman–Crippen MR) is 77.1 cm³/mol. The molecule has 0 fully saturated rings. The van der Waals surface area contributed by atoms with E-state index in [0.29, 0.717) is 11.3 Å². The second-order valence-electron chi connectivity index (χ2n) is 4.14. The van der Waals surface area contributed by atoms with Crippen molar-refractivity contribution in [2.24, 2.45) is 10.2 Å². The first-order valence-electron chi connectivity index (χ1n) is 6.54. The van der Waals surface area contributed by atoms with Crippen molar-refractivity contribution >= 4 is 11.5 Å². The van der Waals surface area contributed by atoms with Gasteiger partial charge >= 0.3 is 0 Å². The van der Waals surface area contributed by atoms with Crippen LogP contribution in [0.1, 0.15) is 17.3 Å². The van der Waals surface area contributed by atoms with E-state index >= 15 is 0 Å². The minimum atomic E-state index is -0.333. The summed E-state index contributed by atoms with van der Waals surface area (Å²) in [5.74, 6) is -0.233. The van der Waals surface area contributed by atoms with Gasteiger partial charge in [0.2, 0.25) is 5.78 Å². The van der Waals surface area contributed by atoms with Gasteiger partial charge in [0.05, 0.1) is 5.69 Å². The van der Waals surface area contributed by atoms with Crippen molar-refractivity contribution in [3.8, 4) is 0 Å². The van der Waals surface area contributed by atoms with Crippen LogP contribution in [-0.4, -0.2) is 10.9 Å². The molecule has 0 bridgehead atoms. The number of carbonyl (C=O) groups excluding carboxylic acids is 1. The Labute approximate surface area is 118 Å². The van der Waals surface area contributed by atoms with Crippen LogP contribution in [0.4, 0.5) is 5.69 Å². The van der Waals surface area contributed by atoms with Gasteiger partial charge in [-0.05, 0) is 19.1 Å². The summed E-state index contributed by atoms with van der Waals surface area (Å²) >= 11 is 0. The fourth-order valence-corrected chi connectivity index (χ4v) is 1.60. The minimum Gasteiger partial charge on any atom is -0.510 e. The zero-order valence-corrected chi connectivity index (χ0v) is 11.0. The summed E-state index contributed by atoms with van der Waals surface area (Å²) in [6, 6.07) is 17.7. The van der Waals surface area contributed by atoms with E-state index in [2.05, 4.69) is 15.3 Å². The summed E-state index contributed by atoms with van der Waals surface area (Å²) in [6.45, 7) is 1.51. The molecule has 0 aromatic heterocycles. The minimum absolute atomic E-state index is 0.0139. The maximum absolute atomic E-state index is 12.4. The first-order chi connectivity index (χ1) is 10.2. The molecule has 2 aromatic rings. The van der Waals surface area contributed by atoms with Gasteiger partial charge in [-0.2, -0.15) is 5.11 Å². The molecule has 0 aliphatic heterocycles. The van der Waals surface area contributed by atoms with Crippen LogP contribution in [-0.2, 0) is 0 Å². The van der Waals surface area contributed by atoms with Gasteiger partial charge in [0.1, 0.15) is 5.76 Å². The molecule has 0 saturated carbocycles. The molecule has 0 atom stereocenters. The summed E-state index contributed by atoms with van der Waals surface area (Å²) in [4.78, 5) is 12.4. The molecule has 0 spiro atoms. The quantitative estimate of drug-likeness (QED) is 0.376. The van der Waals surface area contributed by atoms with E-state index in [1.807, 2.05) is 24.3 Å². The van der Waals surface area contributed by atoms with Crippen molar-refractivity contribution in [3.63, 3.8) is 0 Å². The molecule has 20 heavy (non-hydrogen) atoms. The first-order valence-corrected chi connectivity index (χ1v) is 6.13. The highest BCUT2D eigenvalue weighted by atomic mass is 16.3. The summed E-state index contributed by atoms with van der Waals surface area (Å²) < 4.78 is 6.97. The van der Waals surface area contributed by atoms with Crippen molar-refractivity contribution in [3.05, 3.63) is 77.7 Å². The number of azo groups is 1. The Morgan fingerprint density at radius 3 is 2.25 bits per heavy atom. The number of aliphatic hydroxyl groups is 1. The number of hydrogen-bond acceptors (Lipinski definition) is 4. The Balaban J connectivity index is 2.33. The Kier molecular flexibility index (Phi) is 3.95. The highest BCUT2D eigenvalue weighted by Gasteiger charge is 2.14. The smallest absolute Gasteiger partial charge is 0.293 e. The third kappa shape index (κ3) is 3.38. The third-order valence-electron chi connectivity index (χ3n) is 2.61. The number of nitrogens with zero attached hydrogens (tertiary/aromatic N) is 2. The second kappa shape index (κ2) is 6.43. The van der Waals surface area contributed by atoms with Crippen molar-refractivity contribution < 1.29 is 9.90 Å². The van der Waals surface area contributed by atoms with Crippen LogP contribution in [0.15, 0.2) is 82.3 Å². The highest BCUT2D eigenvalue weighted by molar-refractivity contribution is 6.08. The number of rotatable bonds is 5. The molecule has 0 heterocycles. The lowest BCUT2D eigenvalue weighted by molar-refractivity contribution is 0.102. The normalized spacial score (nSPS) is 12.8. The average molecular weight is 267 g/mol. The molecular weight excluding hydrogens is 252 g/mol. The molecule has 0 amide bonds. The van der Waals surface area contributed by atoms with Crippen LogP contribution >= 0.6 is 0 Å². The summed E-state index contributed by atoms with van der Waals surface area (Å²) in [6.07, 6.45) is 0. The van der Waals surface area contributed by atoms with Gasteiger partial charge in [-0.3, -0.25) is 4.79 Å².